The van der Waals surface area contributed by atoms with Crippen LogP contribution in [0.3, 0.4) is 0 Å². The number of rotatable bonds is 4. The maximum Gasteiger partial charge on any atom is 0.143 e. The third-order valence-electron chi connectivity index (χ3n) is 3.29. The lowest BCUT2D eigenvalue weighted by Gasteiger charge is -2.19. The fourth-order valence-corrected chi connectivity index (χ4v) is 2.20. The maximum absolute atomic E-state index is 8.85. The van der Waals surface area contributed by atoms with E-state index in [1.54, 1.807) is 13.2 Å². The van der Waals surface area contributed by atoms with Gasteiger partial charge < -0.3 is 10.1 Å². The quantitative estimate of drug-likeness (QED) is 0.824. The minimum absolute atomic E-state index is 0.623. The summed E-state index contributed by atoms with van der Waals surface area (Å²) in [5.41, 5.74) is 1.59. The molecule has 0 heterocycles. The molecule has 1 N–H and O–H groups in total. The first-order valence-electron chi connectivity index (χ1n) is 6.30. The molecule has 1 aliphatic carbocycles. The largest absolute Gasteiger partial charge is 0.495 e. The second-order valence-electron chi connectivity index (χ2n) is 4.56. The van der Waals surface area contributed by atoms with Crippen LogP contribution in [-0.4, -0.2) is 13.7 Å². The molecule has 1 aliphatic rings. The van der Waals surface area contributed by atoms with Gasteiger partial charge >= 0.3 is 0 Å². The smallest absolute Gasteiger partial charge is 0.143 e. The lowest BCUT2D eigenvalue weighted by molar-refractivity contribution is 0.415. The highest BCUT2D eigenvalue weighted by molar-refractivity contribution is 5.59. The molecule has 3 heteroatoms. The van der Waals surface area contributed by atoms with E-state index >= 15 is 0 Å². The molecule has 0 aliphatic heterocycles. The molecule has 1 unspecified atom stereocenters. The lowest BCUT2D eigenvalue weighted by atomic mass is 9.94. The third-order valence-corrected chi connectivity index (χ3v) is 3.29. The van der Waals surface area contributed by atoms with E-state index in [0.717, 1.165) is 24.4 Å². The zero-order valence-corrected chi connectivity index (χ0v) is 10.6. The van der Waals surface area contributed by atoms with Gasteiger partial charge in [0, 0.05) is 12.6 Å². The summed E-state index contributed by atoms with van der Waals surface area (Å²) >= 11 is 0. The third kappa shape index (κ3) is 3.04. The fourth-order valence-electron chi connectivity index (χ4n) is 2.20. The summed E-state index contributed by atoms with van der Waals surface area (Å²) in [6.45, 7) is 0.951. The standard InChI is InChI=1S/C15H18N2O/c1-18-15-9-13(10-16)7-8-14(15)17-11-12-5-3-2-4-6-12/h2-3,7-9,12,17H,4-6,11H2,1H3. The Balaban J connectivity index is 2.00. The number of anilines is 1. The Kier molecular flexibility index (Phi) is 4.25. The summed E-state index contributed by atoms with van der Waals surface area (Å²) in [6.07, 6.45) is 8.06. The van der Waals surface area contributed by atoms with Crippen LogP contribution in [0.15, 0.2) is 30.4 Å². The van der Waals surface area contributed by atoms with E-state index in [4.69, 9.17) is 10.00 Å². The van der Waals surface area contributed by atoms with Crippen LogP contribution in [0.1, 0.15) is 24.8 Å². The van der Waals surface area contributed by atoms with E-state index in [1.165, 1.54) is 12.8 Å². The molecule has 0 spiro atoms. The predicted molar refractivity (Wildman–Crippen MR) is 72.7 cm³/mol. The monoisotopic (exact) mass is 242 g/mol. The second kappa shape index (κ2) is 6.11. The van der Waals surface area contributed by atoms with E-state index in [2.05, 4.69) is 23.5 Å². The minimum Gasteiger partial charge on any atom is -0.495 e. The zero-order chi connectivity index (χ0) is 12.8. The molecule has 2 rings (SSSR count). The molecule has 1 aromatic carbocycles. The SMILES string of the molecule is COc1cc(C#N)ccc1NCC1CC=CCC1. The first kappa shape index (κ1) is 12.5. The van der Waals surface area contributed by atoms with Crippen molar-refractivity contribution >= 4 is 5.69 Å². The van der Waals surface area contributed by atoms with Gasteiger partial charge in [-0.15, -0.1) is 0 Å². The number of ether oxygens (including phenoxy) is 1. The van der Waals surface area contributed by atoms with Gasteiger partial charge in [-0.3, -0.25) is 0 Å². The predicted octanol–water partition coefficient (Wildman–Crippen LogP) is 3.34. The Bertz CT molecular complexity index is 474. The van der Waals surface area contributed by atoms with Gasteiger partial charge in [0.1, 0.15) is 5.75 Å². The van der Waals surface area contributed by atoms with Gasteiger partial charge in [0.15, 0.2) is 0 Å². The topological polar surface area (TPSA) is 45.0 Å². The first-order chi connectivity index (χ1) is 8.83. The molecule has 0 saturated carbocycles. The molecule has 0 radical (unpaired) electrons. The Labute approximate surface area is 108 Å². The van der Waals surface area contributed by atoms with Crippen molar-refractivity contribution in [2.75, 3.05) is 19.0 Å². The van der Waals surface area contributed by atoms with E-state index < -0.39 is 0 Å². The number of nitrogens with one attached hydrogen (secondary N) is 1. The van der Waals surface area contributed by atoms with Crippen molar-refractivity contribution in [1.82, 2.24) is 0 Å². The van der Waals surface area contributed by atoms with Crippen LogP contribution in [0.4, 0.5) is 5.69 Å². The van der Waals surface area contributed by atoms with Gasteiger partial charge in [0.05, 0.1) is 24.4 Å². The normalized spacial score (nSPS) is 18.1. The maximum atomic E-state index is 8.85. The molecule has 1 atom stereocenters. The van der Waals surface area contributed by atoms with Gasteiger partial charge in [-0.2, -0.15) is 5.26 Å². The molecule has 0 bridgehead atoms. The molecule has 0 amide bonds. The molecular formula is C15H18N2O. The minimum atomic E-state index is 0.623. The van der Waals surface area contributed by atoms with Gasteiger partial charge in [-0.05, 0) is 37.3 Å². The van der Waals surface area contributed by atoms with Crippen molar-refractivity contribution < 1.29 is 4.74 Å². The first-order valence-corrected chi connectivity index (χ1v) is 6.30. The van der Waals surface area contributed by atoms with Gasteiger partial charge in [-0.25, -0.2) is 0 Å². The molecule has 3 nitrogen and oxygen atoms in total. The van der Waals surface area contributed by atoms with Crippen molar-refractivity contribution in [2.24, 2.45) is 5.92 Å². The van der Waals surface area contributed by atoms with Crippen LogP contribution in [0.25, 0.3) is 0 Å². The molecule has 1 aromatic rings. The number of allylic oxidation sites excluding steroid dienone is 2. The molecule has 0 aromatic heterocycles. The molecular weight excluding hydrogens is 224 g/mol. The fraction of sp³-hybridized carbons (Fsp3) is 0.400. The van der Waals surface area contributed by atoms with E-state index in [9.17, 15) is 0 Å². The highest BCUT2D eigenvalue weighted by Crippen LogP contribution is 2.26. The van der Waals surface area contributed by atoms with Crippen LogP contribution in [-0.2, 0) is 0 Å². The Morgan fingerprint density at radius 2 is 2.33 bits per heavy atom. The Morgan fingerprint density at radius 1 is 1.44 bits per heavy atom. The summed E-state index contributed by atoms with van der Waals surface area (Å²) in [7, 11) is 1.63. The van der Waals surface area contributed by atoms with Crippen molar-refractivity contribution in [3.63, 3.8) is 0 Å². The van der Waals surface area contributed by atoms with E-state index in [-0.39, 0.29) is 0 Å². The molecule has 0 saturated heterocycles. The van der Waals surface area contributed by atoms with E-state index in [1.807, 2.05) is 12.1 Å². The summed E-state index contributed by atoms with van der Waals surface area (Å²) < 4.78 is 5.30. The Morgan fingerprint density at radius 3 is 3.00 bits per heavy atom. The van der Waals surface area contributed by atoms with Crippen molar-refractivity contribution in [2.45, 2.75) is 19.3 Å². The molecule has 0 fully saturated rings. The van der Waals surface area contributed by atoms with Crippen LogP contribution < -0.4 is 10.1 Å². The van der Waals surface area contributed by atoms with Crippen LogP contribution in [0, 0.1) is 17.2 Å². The van der Waals surface area contributed by atoms with Crippen LogP contribution in [0.2, 0.25) is 0 Å². The van der Waals surface area contributed by atoms with Gasteiger partial charge in [0.2, 0.25) is 0 Å². The average Bonchev–Trinajstić information content (AvgIpc) is 2.46. The summed E-state index contributed by atoms with van der Waals surface area (Å²) in [5.74, 6) is 1.43. The Hall–Kier alpha value is -1.95. The lowest BCUT2D eigenvalue weighted by Crippen LogP contribution is -2.15. The highest BCUT2D eigenvalue weighted by atomic mass is 16.5. The number of nitrogens with zero attached hydrogens (tertiary/aromatic N) is 1. The van der Waals surface area contributed by atoms with E-state index in [0.29, 0.717) is 11.5 Å². The molecule has 94 valence electrons. The van der Waals surface area contributed by atoms with Crippen molar-refractivity contribution in [3.8, 4) is 11.8 Å². The van der Waals surface area contributed by atoms with Gasteiger partial charge in [-0.1, -0.05) is 12.2 Å². The van der Waals surface area contributed by atoms with Crippen molar-refractivity contribution in [1.29, 1.82) is 5.26 Å². The summed E-state index contributed by atoms with van der Waals surface area (Å²) in [4.78, 5) is 0. The van der Waals surface area contributed by atoms with Crippen LogP contribution >= 0.6 is 0 Å². The number of nitriles is 1. The van der Waals surface area contributed by atoms with Crippen molar-refractivity contribution in [3.05, 3.63) is 35.9 Å². The summed E-state index contributed by atoms with van der Waals surface area (Å²) in [5, 5.41) is 12.3. The van der Waals surface area contributed by atoms with Gasteiger partial charge in [0.25, 0.3) is 0 Å². The highest BCUT2D eigenvalue weighted by Gasteiger charge is 2.11. The number of benzene rings is 1. The number of hydrogen-bond donors (Lipinski definition) is 1. The summed E-state index contributed by atoms with van der Waals surface area (Å²) in [6, 6.07) is 7.61. The molecule has 18 heavy (non-hydrogen) atoms. The number of methoxy groups -OCH3 is 1. The zero-order valence-electron chi connectivity index (χ0n) is 10.6. The number of hydrogen-bond acceptors (Lipinski definition) is 3. The average molecular weight is 242 g/mol. The van der Waals surface area contributed by atoms with Crippen LogP contribution in [0.5, 0.6) is 5.75 Å². The second-order valence-corrected chi connectivity index (χ2v) is 4.56.